The van der Waals surface area contributed by atoms with E-state index in [2.05, 4.69) is 0 Å². The molecule has 7 atom stereocenters. The summed E-state index contributed by atoms with van der Waals surface area (Å²) < 4.78 is 73.3. The second kappa shape index (κ2) is 6.57. The SMILES string of the molecule is CC(=O)OC1C2OS(=O)(=O)C3C2OC1C3C(=O)OC(C(C)(C)C)C(F)(F)C(=O)O. The molecular weight excluding hydrogens is 422 g/mol. The van der Waals surface area contributed by atoms with E-state index in [9.17, 15) is 31.6 Å². The molecule has 10 nitrogen and oxygen atoms in total. The van der Waals surface area contributed by atoms with Gasteiger partial charge in [-0.2, -0.15) is 17.2 Å². The maximum Gasteiger partial charge on any atom is 0.379 e. The number of alkyl halides is 2. The fourth-order valence-electron chi connectivity index (χ4n) is 4.02. The summed E-state index contributed by atoms with van der Waals surface area (Å²) in [7, 11) is -4.34. The van der Waals surface area contributed by atoms with E-state index >= 15 is 0 Å². The lowest BCUT2D eigenvalue weighted by atomic mass is 9.83. The van der Waals surface area contributed by atoms with E-state index < -0.39 is 81.1 Å². The van der Waals surface area contributed by atoms with E-state index in [0.717, 1.165) is 6.92 Å². The van der Waals surface area contributed by atoms with Crippen LogP contribution in [-0.2, 0) is 42.9 Å². The average Bonchev–Trinajstić information content (AvgIpc) is 3.13. The Labute approximate surface area is 164 Å². The monoisotopic (exact) mass is 442 g/mol. The van der Waals surface area contributed by atoms with Crippen LogP contribution in [0.4, 0.5) is 8.78 Å². The molecule has 0 aromatic rings. The van der Waals surface area contributed by atoms with Crippen molar-refractivity contribution in [3.63, 3.8) is 0 Å². The van der Waals surface area contributed by atoms with E-state index in [-0.39, 0.29) is 0 Å². The number of ether oxygens (including phenoxy) is 3. The first kappa shape index (κ1) is 21.8. The van der Waals surface area contributed by atoms with Crippen LogP contribution in [0.3, 0.4) is 0 Å². The van der Waals surface area contributed by atoms with Crippen LogP contribution in [0.25, 0.3) is 0 Å². The number of carbonyl (C=O) groups is 3. The number of hydrogen-bond donors (Lipinski definition) is 1. The highest BCUT2D eigenvalue weighted by Crippen LogP contribution is 2.52. The highest BCUT2D eigenvalue weighted by molar-refractivity contribution is 7.87. The van der Waals surface area contributed by atoms with Gasteiger partial charge >= 0.3 is 23.8 Å². The summed E-state index contributed by atoms with van der Waals surface area (Å²) in [4.78, 5) is 35.1. The van der Waals surface area contributed by atoms with Gasteiger partial charge in [0.1, 0.15) is 29.5 Å². The van der Waals surface area contributed by atoms with E-state index in [0.29, 0.717) is 0 Å². The molecule has 13 heteroatoms. The van der Waals surface area contributed by atoms with Gasteiger partial charge < -0.3 is 19.3 Å². The number of rotatable bonds is 5. The second-order valence-electron chi connectivity index (χ2n) is 8.29. The van der Waals surface area contributed by atoms with Crippen LogP contribution in [0, 0.1) is 11.3 Å². The normalized spacial score (nSPS) is 35.9. The number of carbonyl (C=O) groups excluding carboxylic acids is 2. The number of hydrogen-bond acceptors (Lipinski definition) is 9. The van der Waals surface area contributed by atoms with Crippen LogP contribution in [-0.4, -0.2) is 73.1 Å². The van der Waals surface area contributed by atoms with Crippen molar-refractivity contribution in [2.75, 3.05) is 0 Å². The van der Waals surface area contributed by atoms with Crippen molar-refractivity contribution in [1.82, 2.24) is 0 Å². The number of fused-ring (bicyclic) bond motifs is 1. The summed E-state index contributed by atoms with van der Waals surface area (Å²) in [6.07, 6.45) is -7.23. The average molecular weight is 442 g/mol. The fraction of sp³-hybridized carbons (Fsp3) is 0.812. The lowest BCUT2D eigenvalue weighted by Gasteiger charge is -2.35. The Balaban J connectivity index is 1.93. The topological polar surface area (TPSA) is 142 Å². The predicted octanol–water partition coefficient (Wildman–Crippen LogP) is 0.0903. The minimum Gasteiger partial charge on any atom is -0.477 e. The molecule has 3 fully saturated rings. The van der Waals surface area contributed by atoms with Crippen molar-refractivity contribution in [3.8, 4) is 0 Å². The molecule has 3 aliphatic heterocycles. The lowest BCUT2D eigenvalue weighted by Crippen LogP contribution is -2.55. The molecule has 0 aromatic heterocycles. The Kier molecular flexibility index (Phi) is 4.95. The molecule has 0 aliphatic carbocycles. The molecule has 1 N–H and O–H groups in total. The van der Waals surface area contributed by atoms with Gasteiger partial charge in [0.25, 0.3) is 10.1 Å². The number of aliphatic carboxylic acids is 1. The number of carboxylic acids is 1. The Morgan fingerprint density at radius 1 is 1.10 bits per heavy atom. The highest BCUT2D eigenvalue weighted by Gasteiger charge is 2.74. The first-order chi connectivity index (χ1) is 13.1. The highest BCUT2D eigenvalue weighted by atomic mass is 32.2. The fourth-order valence-corrected chi connectivity index (χ4v) is 5.85. The number of carboxylic acid groups (broad SMARTS) is 1. The quantitative estimate of drug-likeness (QED) is 0.460. The van der Waals surface area contributed by atoms with Crippen LogP contribution in [0.5, 0.6) is 0 Å². The first-order valence-electron chi connectivity index (χ1n) is 8.65. The Morgan fingerprint density at radius 2 is 1.69 bits per heavy atom. The van der Waals surface area contributed by atoms with Gasteiger partial charge in [-0.05, 0) is 0 Å². The molecule has 3 heterocycles. The van der Waals surface area contributed by atoms with E-state index in [1.54, 1.807) is 0 Å². The van der Waals surface area contributed by atoms with Crippen LogP contribution in [0.15, 0.2) is 0 Å². The molecule has 0 radical (unpaired) electrons. The Bertz CT molecular complexity index is 848. The van der Waals surface area contributed by atoms with Crippen molar-refractivity contribution >= 4 is 28.0 Å². The minimum absolute atomic E-state index is 0.785. The molecule has 29 heavy (non-hydrogen) atoms. The van der Waals surface area contributed by atoms with Gasteiger partial charge in [0.2, 0.25) is 0 Å². The van der Waals surface area contributed by atoms with E-state index in [1.165, 1.54) is 20.8 Å². The van der Waals surface area contributed by atoms with Crippen molar-refractivity contribution in [3.05, 3.63) is 0 Å². The van der Waals surface area contributed by atoms with Gasteiger partial charge in [-0.1, -0.05) is 20.8 Å². The molecule has 3 saturated heterocycles. The Hall–Kier alpha value is -1.86. The largest absolute Gasteiger partial charge is 0.477 e. The molecule has 7 unspecified atom stereocenters. The lowest BCUT2D eigenvalue weighted by molar-refractivity contribution is -0.211. The third-order valence-electron chi connectivity index (χ3n) is 5.11. The first-order valence-corrected chi connectivity index (χ1v) is 10.1. The summed E-state index contributed by atoms with van der Waals surface area (Å²) in [5.74, 6) is -10.7. The maximum absolute atomic E-state index is 14.2. The maximum atomic E-state index is 14.2. The summed E-state index contributed by atoms with van der Waals surface area (Å²) in [6.45, 7) is 4.79. The summed E-state index contributed by atoms with van der Waals surface area (Å²) >= 11 is 0. The Morgan fingerprint density at radius 3 is 2.17 bits per heavy atom. The van der Waals surface area contributed by atoms with Crippen LogP contribution >= 0.6 is 0 Å². The van der Waals surface area contributed by atoms with Crippen molar-refractivity contribution in [2.45, 2.75) is 69.4 Å². The third-order valence-corrected chi connectivity index (χ3v) is 6.82. The smallest absolute Gasteiger partial charge is 0.379 e. The predicted molar refractivity (Wildman–Crippen MR) is 87.2 cm³/mol. The third kappa shape index (κ3) is 3.38. The zero-order chi connectivity index (χ0) is 22.1. The van der Waals surface area contributed by atoms with Gasteiger partial charge in [0.15, 0.2) is 12.2 Å². The van der Waals surface area contributed by atoms with Crippen molar-refractivity contribution < 1.29 is 55.1 Å². The molecule has 0 amide bonds. The van der Waals surface area contributed by atoms with Gasteiger partial charge in [0.05, 0.1) is 0 Å². The molecule has 3 rings (SSSR count). The van der Waals surface area contributed by atoms with Gasteiger partial charge in [0, 0.05) is 12.3 Å². The zero-order valence-corrected chi connectivity index (χ0v) is 16.6. The van der Waals surface area contributed by atoms with Crippen LogP contribution in [0.2, 0.25) is 0 Å². The molecular formula is C16H20F2O10S. The summed E-state index contributed by atoms with van der Waals surface area (Å²) in [5.41, 5.74) is -1.50. The van der Waals surface area contributed by atoms with Crippen LogP contribution in [0.1, 0.15) is 27.7 Å². The zero-order valence-electron chi connectivity index (χ0n) is 15.8. The number of halogens is 2. The van der Waals surface area contributed by atoms with Gasteiger partial charge in [-0.15, -0.1) is 0 Å². The minimum atomic E-state index is -4.44. The van der Waals surface area contributed by atoms with Gasteiger partial charge in [-0.25, -0.2) is 4.79 Å². The van der Waals surface area contributed by atoms with E-state index in [4.69, 9.17) is 23.5 Å². The molecule has 0 saturated carbocycles. The van der Waals surface area contributed by atoms with Crippen molar-refractivity contribution in [2.24, 2.45) is 11.3 Å². The standard InChI is InChI=1S/C16H20F2O10S/c1-5(19)25-8-7-6(11-10(26-7)9(8)28-29(11,23)24)12(20)27-13(15(2,3)4)16(17,18)14(21)22/h6-11,13H,1-4H3,(H,21,22). The van der Waals surface area contributed by atoms with Crippen LogP contribution < -0.4 is 0 Å². The van der Waals surface area contributed by atoms with E-state index in [1.807, 2.05) is 0 Å². The molecule has 164 valence electrons. The summed E-state index contributed by atoms with van der Waals surface area (Å²) in [6, 6.07) is 0. The molecule has 0 spiro atoms. The van der Waals surface area contributed by atoms with Gasteiger partial charge in [-0.3, -0.25) is 13.8 Å². The molecule has 3 aliphatic rings. The summed E-state index contributed by atoms with van der Waals surface area (Å²) in [5, 5.41) is 7.32. The number of esters is 2. The second-order valence-corrected chi connectivity index (χ2v) is 10.0. The van der Waals surface area contributed by atoms with Crippen molar-refractivity contribution in [1.29, 1.82) is 0 Å². The molecule has 0 aromatic carbocycles. The molecule has 2 bridgehead atoms.